The van der Waals surface area contributed by atoms with Gasteiger partial charge in [0.15, 0.2) is 11.6 Å². The Morgan fingerprint density at radius 1 is 0.905 bits per heavy atom. The van der Waals surface area contributed by atoms with Gasteiger partial charge in [-0.05, 0) is 40.1 Å². The smallest absolute Gasteiger partial charge is 0.165 e. The Morgan fingerprint density at radius 3 is 2.29 bits per heavy atom. The van der Waals surface area contributed by atoms with Crippen LogP contribution in [0.15, 0.2) is 60.7 Å². The minimum atomic E-state index is -0.397. The van der Waals surface area contributed by atoms with Gasteiger partial charge < -0.3 is 10.5 Å². The lowest BCUT2D eigenvalue weighted by molar-refractivity contribution is 0.386. The zero-order valence-corrected chi connectivity index (χ0v) is 11.7. The molecule has 0 fully saturated rings. The number of hydrogen-bond donors (Lipinski definition) is 1. The number of benzene rings is 3. The Bertz CT molecular complexity index is 785. The van der Waals surface area contributed by atoms with Crippen molar-refractivity contribution in [3.63, 3.8) is 0 Å². The summed E-state index contributed by atoms with van der Waals surface area (Å²) in [5.41, 5.74) is 7.94. The van der Waals surface area contributed by atoms with Gasteiger partial charge in [-0.3, -0.25) is 0 Å². The monoisotopic (exact) mass is 281 g/mol. The minimum Gasteiger partial charge on any atom is -0.494 e. The van der Waals surface area contributed by atoms with Crippen LogP contribution in [0.25, 0.3) is 10.8 Å². The molecule has 0 saturated carbocycles. The Kier molecular flexibility index (Phi) is 3.59. The summed E-state index contributed by atoms with van der Waals surface area (Å²) in [6, 6.07) is 18.6. The highest BCUT2D eigenvalue weighted by Gasteiger charge is 2.12. The molecule has 3 aromatic rings. The Morgan fingerprint density at radius 2 is 1.57 bits per heavy atom. The van der Waals surface area contributed by atoms with Crippen molar-refractivity contribution in [1.82, 2.24) is 0 Å². The van der Waals surface area contributed by atoms with Crippen LogP contribution in [0.3, 0.4) is 0 Å². The van der Waals surface area contributed by atoms with Gasteiger partial charge >= 0.3 is 0 Å². The van der Waals surface area contributed by atoms with E-state index in [1.807, 2.05) is 36.4 Å². The molecule has 3 rings (SSSR count). The lowest BCUT2D eigenvalue weighted by atomic mass is 9.97. The highest BCUT2D eigenvalue weighted by atomic mass is 19.1. The molecule has 3 heteroatoms. The normalized spacial score (nSPS) is 12.3. The highest BCUT2D eigenvalue weighted by Crippen LogP contribution is 2.26. The van der Waals surface area contributed by atoms with Crippen LogP contribution in [0.1, 0.15) is 17.2 Å². The molecule has 1 atom stereocenters. The molecule has 3 aromatic carbocycles. The molecule has 106 valence electrons. The van der Waals surface area contributed by atoms with Crippen LogP contribution < -0.4 is 10.5 Å². The maximum absolute atomic E-state index is 13.8. The Balaban J connectivity index is 1.99. The van der Waals surface area contributed by atoms with Crippen molar-refractivity contribution in [2.45, 2.75) is 6.04 Å². The average molecular weight is 281 g/mol. The van der Waals surface area contributed by atoms with Crippen LogP contribution in [0, 0.1) is 5.82 Å². The van der Waals surface area contributed by atoms with Gasteiger partial charge in [-0.2, -0.15) is 0 Å². The first-order chi connectivity index (χ1) is 10.2. The van der Waals surface area contributed by atoms with Crippen LogP contribution in [0.4, 0.5) is 4.39 Å². The first-order valence-electron chi connectivity index (χ1n) is 6.77. The molecule has 0 bridgehead atoms. The van der Waals surface area contributed by atoms with Gasteiger partial charge in [0.1, 0.15) is 0 Å². The second kappa shape index (κ2) is 5.54. The van der Waals surface area contributed by atoms with E-state index in [-0.39, 0.29) is 11.8 Å². The van der Waals surface area contributed by atoms with E-state index in [2.05, 4.69) is 6.07 Å². The molecule has 21 heavy (non-hydrogen) atoms. The zero-order chi connectivity index (χ0) is 14.8. The van der Waals surface area contributed by atoms with E-state index in [4.69, 9.17) is 10.5 Å². The summed E-state index contributed by atoms with van der Waals surface area (Å²) in [5.74, 6) is -0.171. The third kappa shape index (κ3) is 2.60. The summed E-state index contributed by atoms with van der Waals surface area (Å²) in [6.45, 7) is 0. The van der Waals surface area contributed by atoms with E-state index >= 15 is 0 Å². The van der Waals surface area contributed by atoms with Gasteiger partial charge in [0, 0.05) is 0 Å². The molecular formula is C18H16FNO. The molecule has 2 N–H and O–H groups in total. The van der Waals surface area contributed by atoms with Crippen molar-refractivity contribution in [2.24, 2.45) is 5.73 Å². The molecular weight excluding hydrogens is 265 g/mol. The average Bonchev–Trinajstić information content (AvgIpc) is 2.53. The maximum atomic E-state index is 13.8. The molecule has 0 spiro atoms. The minimum absolute atomic E-state index is 0.226. The largest absolute Gasteiger partial charge is 0.494 e. The maximum Gasteiger partial charge on any atom is 0.165 e. The van der Waals surface area contributed by atoms with Crippen molar-refractivity contribution in [2.75, 3.05) is 7.11 Å². The van der Waals surface area contributed by atoms with Crippen LogP contribution in [-0.4, -0.2) is 7.11 Å². The molecule has 0 aliphatic rings. The Hall–Kier alpha value is -2.39. The van der Waals surface area contributed by atoms with Gasteiger partial charge in [-0.15, -0.1) is 0 Å². The fourth-order valence-electron chi connectivity index (χ4n) is 2.47. The second-order valence-electron chi connectivity index (χ2n) is 4.98. The molecule has 2 nitrogen and oxygen atoms in total. The molecule has 0 aromatic heterocycles. The molecule has 0 amide bonds. The molecule has 1 unspecified atom stereocenters. The lowest BCUT2D eigenvalue weighted by Gasteiger charge is -2.14. The number of fused-ring (bicyclic) bond motifs is 1. The van der Waals surface area contributed by atoms with E-state index in [1.165, 1.54) is 13.2 Å². The van der Waals surface area contributed by atoms with E-state index < -0.39 is 5.82 Å². The number of rotatable bonds is 3. The lowest BCUT2D eigenvalue weighted by Crippen LogP contribution is -2.12. The number of methoxy groups -OCH3 is 1. The van der Waals surface area contributed by atoms with E-state index in [9.17, 15) is 4.39 Å². The first-order valence-corrected chi connectivity index (χ1v) is 6.77. The quantitative estimate of drug-likeness (QED) is 0.786. The summed E-state index contributed by atoms with van der Waals surface area (Å²) >= 11 is 0. The zero-order valence-electron chi connectivity index (χ0n) is 11.7. The fourth-order valence-corrected chi connectivity index (χ4v) is 2.47. The van der Waals surface area contributed by atoms with E-state index in [0.717, 1.165) is 21.9 Å². The van der Waals surface area contributed by atoms with Crippen molar-refractivity contribution < 1.29 is 9.13 Å². The van der Waals surface area contributed by atoms with Gasteiger partial charge in [-0.1, -0.05) is 42.5 Å². The third-order valence-electron chi connectivity index (χ3n) is 3.67. The van der Waals surface area contributed by atoms with Gasteiger partial charge in [0.05, 0.1) is 13.2 Å². The van der Waals surface area contributed by atoms with E-state index in [0.29, 0.717) is 0 Å². The standard InChI is InChI=1S/C18H16FNO/c1-21-17-9-8-15(11-16(17)19)18(20)14-7-6-12-4-2-3-5-13(12)10-14/h2-11,18H,20H2,1H3. The van der Waals surface area contributed by atoms with E-state index in [1.54, 1.807) is 12.1 Å². The van der Waals surface area contributed by atoms with Gasteiger partial charge in [0.25, 0.3) is 0 Å². The van der Waals surface area contributed by atoms with Gasteiger partial charge in [0.2, 0.25) is 0 Å². The van der Waals surface area contributed by atoms with Crippen molar-refractivity contribution in [3.8, 4) is 5.75 Å². The van der Waals surface area contributed by atoms with Crippen LogP contribution in [0.5, 0.6) is 5.75 Å². The van der Waals surface area contributed by atoms with Crippen molar-refractivity contribution >= 4 is 10.8 Å². The number of nitrogens with two attached hydrogens (primary N) is 1. The molecule has 0 heterocycles. The summed E-state index contributed by atoms with van der Waals surface area (Å²) in [5, 5.41) is 2.29. The summed E-state index contributed by atoms with van der Waals surface area (Å²) < 4.78 is 18.7. The summed E-state index contributed by atoms with van der Waals surface area (Å²) in [6.07, 6.45) is 0. The number of hydrogen-bond acceptors (Lipinski definition) is 2. The predicted molar refractivity (Wildman–Crippen MR) is 82.9 cm³/mol. The predicted octanol–water partition coefficient (Wildman–Crippen LogP) is 4.04. The fraction of sp³-hybridized carbons (Fsp3) is 0.111. The third-order valence-corrected chi connectivity index (χ3v) is 3.67. The van der Waals surface area contributed by atoms with Crippen molar-refractivity contribution in [3.05, 3.63) is 77.6 Å². The molecule has 0 radical (unpaired) electrons. The summed E-state index contributed by atoms with van der Waals surface area (Å²) in [4.78, 5) is 0. The Labute approximate surface area is 123 Å². The molecule has 0 aliphatic carbocycles. The van der Waals surface area contributed by atoms with Gasteiger partial charge in [-0.25, -0.2) is 4.39 Å². The topological polar surface area (TPSA) is 35.2 Å². The number of halogens is 1. The second-order valence-corrected chi connectivity index (χ2v) is 4.98. The molecule has 0 aliphatic heterocycles. The number of ether oxygens (including phenoxy) is 1. The molecule has 0 saturated heterocycles. The highest BCUT2D eigenvalue weighted by molar-refractivity contribution is 5.83. The van der Waals surface area contributed by atoms with Crippen LogP contribution in [-0.2, 0) is 0 Å². The first kappa shape index (κ1) is 13.6. The SMILES string of the molecule is COc1ccc(C(N)c2ccc3ccccc3c2)cc1F. The van der Waals surface area contributed by atoms with Crippen molar-refractivity contribution in [1.29, 1.82) is 0 Å². The van der Waals surface area contributed by atoms with Crippen LogP contribution >= 0.6 is 0 Å². The van der Waals surface area contributed by atoms with Crippen LogP contribution in [0.2, 0.25) is 0 Å². The summed E-state index contributed by atoms with van der Waals surface area (Å²) in [7, 11) is 1.45.